The second kappa shape index (κ2) is 3.25. The summed E-state index contributed by atoms with van der Waals surface area (Å²) < 4.78 is 32.1. The Morgan fingerprint density at radius 1 is 1.29 bits per heavy atom. The van der Waals surface area contributed by atoms with E-state index in [0.717, 1.165) is 22.7 Å². The maximum Gasteiger partial charge on any atom is 0.359 e. The van der Waals surface area contributed by atoms with Gasteiger partial charge in [0.2, 0.25) is 0 Å². The van der Waals surface area contributed by atoms with Gasteiger partial charge in [0.15, 0.2) is 0 Å². The fourth-order valence-electron chi connectivity index (χ4n) is 1.74. The number of hydrogen-bond acceptors (Lipinski definition) is 2. The van der Waals surface area contributed by atoms with Crippen molar-refractivity contribution in [1.29, 1.82) is 0 Å². The van der Waals surface area contributed by atoms with Crippen LogP contribution in [0.15, 0.2) is 24.3 Å². The van der Waals surface area contributed by atoms with Crippen molar-refractivity contribution in [3.8, 4) is 0 Å². The third-order valence-corrected chi connectivity index (χ3v) is 3.28. The highest BCUT2D eigenvalue weighted by atomic mass is 32.2. The molecular formula is C9H11NO3S. The van der Waals surface area contributed by atoms with Crippen molar-refractivity contribution >= 4 is 16.0 Å². The molecular weight excluding hydrogens is 202 g/mol. The van der Waals surface area contributed by atoms with E-state index < -0.39 is 10.3 Å². The van der Waals surface area contributed by atoms with Crippen molar-refractivity contribution in [3.05, 3.63) is 29.8 Å². The lowest BCUT2D eigenvalue weighted by atomic mass is 10.0. The van der Waals surface area contributed by atoms with Crippen LogP contribution in [0.5, 0.6) is 0 Å². The smallest absolute Gasteiger partial charge is 0.269 e. The lowest BCUT2D eigenvalue weighted by Crippen LogP contribution is -2.34. The zero-order valence-corrected chi connectivity index (χ0v) is 8.37. The van der Waals surface area contributed by atoms with Gasteiger partial charge in [-0.2, -0.15) is 8.42 Å². The molecule has 0 aromatic heterocycles. The second-order valence-electron chi connectivity index (χ2n) is 3.28. The molecule has 0 atom stereocenters. The molecule has 1 aliphatic rings. The average Bonchev–Trinajstić information content (AvgIpc) is 2.15. The molecule has 14 heavy (non-hydrogen) atoms. The van der Waals surface area contributed by atoms with Crippen LogP contribution in [-0.4, -0.2) is 19.5 Å². The van der Waals surface area contributed by atoms with E-state index in [9.17, 15) is 8.42 Å². The molecule has 0 fully saturated rings. The highest BCUT2D eigenvalue weighted by molar-refractivity contribution is 7.87. The summed E-state index contributed by atoms with van der Waals surface area (Å²) in [7, 11) is -4.11. The molecule has 0 amide bonds. The van der Waals surface area contributed by atoms with E-state index in [4.69, 9.17) is 4.55 Å². The predicted octanol–water partition coefficient (Wildman–Crippen LogP) is 1.24. The normalized spacial score (nSPS) is 16.5. The average molecular weight is 213 g/mol. The minimum atomic E-state index is -4.11. The lowest BCUT2D eigenvalue weighted by Gasteiger charge is -2.27. The Morgan fingerprint density at radius 2 is 2.00 bits per heavy atom. The minimum absolute atomic E-state index is 0.357. The Morgan fingerprint density at radius 3 is 2.71 bits per heavy atom. The summed E-state index contributed by atoms with van der Waals surface area (Å²) in [5.41, 5.74) is 1.57. The number of nitrogens with zero attached hydrogens (tertiary/aromatic N) is 1. The van der Waals surface area contributed by atoms with E-state index in [1.807, 2.05) is 12.1 Å². The standard InChI is InChI=1S/C9H11NO3S/c11-14(12,13)10-7-3-5-8-4-1-2-6-9(8)10/h1-2,4,6H,3,5,7H2,(H,11,12,13). The number of benzene rings is 1. The molecule has 0 bridgehead atoms. The minimum Gasteiger partial charge on any atom is -0.269 e. The number of aryl methyl sites for hydroxylation is 1. The first kappa shape index (κ1) is 9.48. The van der Waals surface area contributed by atoms with E-state index in [-0.39, 0.29) is 0 Å². The SMILES string of the molecule is O=S(=O)(O)N1CCCc2ccccc21. The molecule has 76 valence electrons. The molecule has 1 heterocycles. The fraction of sp³-hybridized carbons (Fsp3) is 0.333. The van der Waals surface area contributed by atoms with Crippen LogP contribution < -0.4 is 4.31 Å². The lowest BCUT2D eigenvalue weighted by molar-refractivity contribution is 0.475. The van der Waals surface area contributed by atoms with Crippen LogP contribution in [-0.2, 0) is 16.7 Å². The molecule has 0 unspecified atom stereocenters. The monoisotopic (exact) mass is 213 g/mol. The van der Waals surface area contributed by atoms with Gasteiger partial charge in [-0.3, -0.25) is 4.55 Å². The Kier molecular flexibility index (Phi) is 2.20. The molecule has 2 rings (SSSR count). The van der Waals surface area contributed by atoms with Crippen molar-refractivity contribution < 1.29 is 13.0 Å². The summed E-state index contributed by atoms with van der Waals surface area (Å²) in [5.74, 6) is 0. The van der Waals surface area contributed by atoms with Gasteiger partial charge in [-0.1, -0.05) is 18.2 Å². The van der Waals surface area contributed by atoms with Gasteiger partial charge < -0.3 is 0 Å². The maximum atomic E-state index is 11.0. The van der Waals surface area contributed by atoms with Gasteiger partial charge in [-0.15, -0.1) is 0 Å². The molecule has 0 aliphatic carbocycles. The Balaban J connectivity index is 2.51. The van der Waals surface area contributed by atoms with Crippen molar-refractivity contribution in [2.75, 3.05) is 10.8 Å². The summed E-state index contributed by atoms with van der Waals surface area (Å²) in [6, 6.07) is 7.23. The van der Waals surface area contributed by atoms with Crippen LogP contribution in [0.2, 0.25) is 0 Å². The number of para-hydroxylation sites is 1. The molecule has 5 heteroatoms. The molecule has 1 aromatic rings. The summed E-state index contributed by atoms with van der Waals surface area (Å²) in [6.45, 7) is 0.357. The van der Waals surface area contributed by atoms with Gasteiger partial charge in [0, 0.05) is 6.54 Å². The predicted molar refractivity (Wildman–Crippen MR) is 53.7 cm³/mol. The van der Waals surface area contributed by atoms with Gasteiger partial charge >= 0.3 is 10.3 Å². The van der Waals surface area contributed by atoms with Crippen molar-refractivity contribution in [3.63, 3.8) is 0 Å². The molecule has 0 radical (unpaired) electrons. The van der Waals surface area contributed by atoms with E-state index in [0.29, 0.717) is 12.2 Å². The Labute approximate surface area is 83.0 Å². The van der Waals surface area contributed by atoms with E-state index in [2.05, 4.69) is 0 Å². The van der Waals surface area contributed by atoms with Crippen LogP contribution in [0.4, 0.5) is 5.69 Å². The summed E-state index contributed by atoms with van der Waals surface area (Å²) in [5, 5.41) is 0. The van der Waals surface area contributed by atoms with Crippen molar-refractivity contribution in [2.45, 2.75) is 12.8 Å². The first-order valence-corrected chi connectivity index (χ1v) is 5.82. The van der Waals surface area contributed by atoms with Crippen LogP contribution in [0, 0.1) is 0 Å². The third kappa shape index (κ3) is 1.60. The van der Waals surface area contributed by atoms with Crippen molar-refractivity contribution in [1.82, 2.24) is 0 Å². The fourth-order valence-corrected chi connectivity index (χ4v) is 2.53. The zero-order chi connectivity index (χ0) is 10.2. The molecule has 0 saturated heterocycles. The maximum absolute atomic E-state index is 11.0. The molecule has 1 aliphatic heterocycles. The Bertz CT molecular complexity index is 441. The van der Waals surface area contributed by atoms with Gasteiger partial charge in [-0.05, 0) is 24.5 Å². The van der Waals surface area contributed by atoms with E-state index in [1.54, 1.807) is 12.1 Å². The van der Waals surface area contributed by atoms with Gasteiger partial charge in [0.25, 0.3) is 0 Å². The van der Waals surface area contributed by atoms with Crippen LogP contribution in [0.25, 0.3) is 0 Å². The molecule has 1 N–H and O–H groups in total. The first-order valence-electron chi connectivity index (χ1n) is 4.42. The van der Waals surface area contributed by atoms with Crippen LogP contribution in [0.1, 0.15) is 12.0 Å². The van der Waals surface area contributed by atoms with Crippen LogP contribution >= 0.6 is 0 Å². The highest BCUT2D eigenvalue weighted by Crippen LogP contribution is 2.28. The van der Waals surface area contributed by atoms with Crippen molar-refractivity contribution in [2.24, 2.45) is 0 Å². The number of rotatable bonds is 1. The van der Waals surface area contributed by atoms with E-state index >= 15 is 0 Å². The molecule has 1 aromatic carbocycles. The van der Waals surface area contributed by atoms with E-state index in [1.165, 1.54) is 0 Å². The summed E-state index contributed by atoms with van der Waals surface area (Å²) >= 11 is 0. The van der Waals surface area contributed by atoms with Gasteiger partial charge in [-0.25, -0.2) is 4.31 Å². The summed E-state index contributed by atoms with van der Waals surface area (Å²) in [4.78, 5) is 0. The second-order valence-corrected chi connectivity index (χ2v) is 4.62. The molecule has 0 spiro atoms. The van der Waals surface area contributed by atoms with Gasteiger partial charge in [0.1, 0.15) is 0 Å². The quantitative estimate of drug-likeness (QED) is 0.714. The van der Waals surface area contributed by atoms with Gasteiger partial charge in [0.05, 0.1) is 5.69 Å². The summed E-state index contributed by atoms with van der Waals surface area (Å²) in [6.07, 6.45) is 1.61. The first-order chi connectivity index (χ1) is 6.59. The van der Waals surface area contributed by atoms with Crippen LogP contribution in [0.3, 0.4) is 0 Å². The number of hydrogen-bond donors (Lipinski definition) is 1. The third-order valence-electron chi connectivity index (χ3n) is 2.35. The molecule has 0 saturated carbocycles. The topological polar surface area (TPSA) is 57.6 Å². The Hall–Kier alpha value is -1.07. The highest BCUT2D eigenvalue weighted by Gasteiger charge is 2.24. The largest absolute Gasteiger partial charge is 0.359 e. The zero-order valence-electron chi connectivity index (χ0n) is 7.55. The number of anilines is 1. The molecule has 4 nitrogen and oxygen atoms in total. The number of fused-ring (bicyclic) bond motifs is 1.